The lowest BCUT2D eigenvalue weighted by Crippen LogP contribution is -2.32. The number of carbonyl (C=O) groups is 1. The number of aliphatic carboxylic acids is 1. The van der Waals surface area contributed by atoms with Crippen LogP contribution in [0, 0.1) is 11.8 Å². The first-order valence-corrected chi connectivity index (χ1v) is 11.2. The number of hydrogen-bond donors (Lipinski definition) is 3. The van der Waals surface area contributed by atoms with Crippen LogP contribution in [0.4, 0.5) is 17.2 Å². The van der Waals surface area contributed by atoms with Gasteiger partial charge in [0.15, 0.2) is 0 Å². The Balaban J connectivity index is 2.46. The predicted octanol–water partition coefficient (Wildman–Crippen LogP) is 5.40. The van der Waals surface area contributed by atoms with Crippen LogP contribution in [0.5, 0.6) is 0 Å². The van der Waals surface area contributed by atoms with Crippen LogP contribution in [0.3, 0.4) is 0 Å². The molecule has 0 amide bonds. The summed E-state index contributed by atoms with van der Waals surface area (Å²) < 4.78 is 0. The summed E-state index contributed by atoms with van der Waals surface area (Å²) in [5, 5.41) is 21.9. The van der Waals surface area contributed by atoms with Crippen molar-refractivity contribution in [1.29, 1.82) is 0 Å². The van der Waals surface area contributed by atoms with E-state index in [4.69, 9.17) is 0 Å². The quantitative estimate of drug-likeness (QED) is 0.420. The van der Waals surface area contributed by atoms with Crippen molar-refractivity contribution in [2.75, 3.05) is 23.3 Å². The molecule has 3 N–H and O–H groups in total. The highest BCUT2D eigenvalue weighted by Gasteiger charge is 2.18. The lowest BCUT2D eigenvalue weighted by atomic mass is 9.96. The number of nitrogens with one attached hydrogen (secondary N) is 1. The summed E-state index contributed by atoms with van der Waals surface area (Å²) in [4.78, 5) is 18.0. The van der Waals surface area contributed by atoms with E-state index in [9.17, 15) is 15.0 Å². The van der Waals surface area contributed by atoms with Crippen LogP contribution in [0.25, 0.3) is 0 Å². The number of aliphatic hydroxyl groups is 1. The molecule has 6 nitrogen and oxygen atoms in total. The van der Waals surface area contributed by atoms with Gasteiger partial charge in [-0.1, -0.05) is 53.2 Å². The lowest BCUT2D eigenvalue weighted by Gasteiger charge is -2.31. The number of pyridine rings is 1. The fraction of sp³-hybridized carbons (Fsp3) is 0.520. The normalized spacial score (nSPS) is 13.1. The highest BCUT2D eigenvalue weighted by atomic mass is 16.4. The summed E-state index contributed by atoms with van der Waals surface area (Å²) in [5.74, 6) is 0.855. The molecule has 6 heteroatoms. The van der Waals surface area contributed by atoms with Crippen LogP contribution >= 0.6 is 0 Å². The molecule has 2 rings (SSSR count). The van der Waals surface area contributed by atoms with E-state index in [1.54, 1.807) is 6.20 Å². The molecule has 0 aliphatic rings. The first-order chi connectivity index (χ1) is 14.7. The molecule has 0 saturated carbocycles. The third-order valence-corrected chi connectivity index (χ3v) is 5.50. The summed E-state index contributed by atoms with van der Waals surface area (Å²) in [6, 6.07) is 9.89. The van der Waals surface area contributed by atoms with Gasteiger partial charge in [-0.15, -0.1) is 0 Å². The molecule has 170 valence electrons. The van der Waals surface area contributed by atoms with E-state index in [2.05, 4.69) is 55.0 Å². The summed E-state index contributed by atoms with van der Waals surface area (Å²) in [6.07, 6.45) is 2.85. The largest absolute Gasteiger partial charge is 0.481 e. The van der Waals surface area contributed by atoms with Crippen molar-refractivity contribution >= 4 is 23.2 Å². The Kier molecular flexibility index (Phi) is 9.31. The minimum Gasteiger partial charge on any atom is -0.481 e. The van der Waals surface area contributed by atoms with Crippen molar-refractivity contribution in [2.24, 2.45) is 11.8 Å². The molecule has 0 spiro atoms. The summed E-state index contributed by atoms with van der Waals surface area (Å²) in [5.41, 5.74) is 3.75. The molecule has 1 heterocycles. The summed E-state index contributed by atoms with van der Waals surface area (Å²) in [6.45, 7) is 12.7. The number of hydrogen-bond acceptors (Lipinski definition) is 5. The van der Waals surface area contributed by atoms with Gasteiger partial charge in [0.2, 0.25) is 0 Å². The van der Waals surface area contributed by atoms with Crippen molar-refractivity contribution in [2.45, 2.75) is 60.0 Å². The van der Waals surface area contributed by atoms with Crippen LogP contribution in [0.2, 0.25) is 0 Å². The third-order valence-electron chi connectivity index (χ3n) is 5.50. The van der Waals surface area contributed by atoms with E-state index < -0.39 is 5.97 Å². The Hall–Kier alpha value is -2.60. The van der Waals surface area contributed by atoms with Gasteiger partial charge in [0, 0.05) is 19.3 Å². The zero-order chi connectivity index (χ0) is 23.0. The fourth-order valence-corrected chi connectivity index (χ4v) is 3.56. The number of benzene rings is 1. The molecule has 1 aromatic carbocycles. The Morgan fingerprint density at radius 3 is 2.42 bits per heavy atom. The van der Waals surface area contributed by atoms with Gasteiger partial charge in [0.1, 0.15) is 5.82 Å². The number of aromatic nitrogens is 1. The van der Waals surface area contributed by atoms with Crippen molar-refractivity contribution in [3.63, 3.8) is 0 Å². The van der Waals surface area contributed by atoms with E-state index >= 15 is 0 Å². The second-order valence-electron chi connectivity index (χ2n) is 8.92. The highest BCUT2D eigenvalue weighted by Crippen LogP contribution is 2.34. The van der Waals surface area contributed by atoms with Gasteiger partial charge in [-0.25, -0.2) is 4.98 Å². The molecule has 0 fully saturated rings. The van der Waals surface area contributed by atoms with Crippen LogP contribution in [0.15, 0.2) is 36.5 Å². The van der Waals surface area contributed by atoms with Crippen LogP contribution < -0.4 is 10.2 Å². The second-order valence-corrected chi connectivity index (χ2v) is 8.92. The van der Waals surface area contributed by atoms with Gasteiger partial charge in [-0.3, -0.25) is 4.79 Å². The lowest BCUT2D eigenvalue weighted by molar-refractivity contribution is -0.137. The summed E-state index contributed by atoms with van der Waals surface area (Å²) in [7, 11) is 0. The van der Waals surface area contributed by atoms with Crippen molar-refractivity contribution in [3.8, 4) is 0 Å². The monoisotopic (exact) mass is 427 g/mol. The topological polar surface area (TPSA) is 85.7 Å². The van der Waals surface area contributed by atoms with Crippen LogP contribution in [0.1, 0.15) is 64.5 Å². The highest BCUT2D eigenvalue weighted by molar-refractivity contribution is 5.76. The number of nitrogens with zero attached hydrogens (tertiary/aromatic N) is 2. The number of rotatable bonds is 12. The van der Waals surface area contributed by atoms with E-state index in [-0.39, 0.29) is 18.9 Å². The Morgan fingerprint density at radius 2 is 1.87 bits per heavy atom. The van der Waals surface area contributed by atoms with Crippen molar-refractivity contribution in [1.82, 2.24) is 4.98 Å². The molecule has 0 bridgehead atoms. The average Bonchev–Trinajstić information content (AvgIpc) is 2.72. The molecular formula is C25H37N3O3. The van der Waals surface area contributed by atoms with E-state index in [1.807, 2.05) is 25.1 Å². The van der Waals surface area contributed by atoms with E-state index in [0.717, 1.165) is 42.0 Å². The molecule has 1 aromatic heterocycles. The molecule has 2 aromatic rings. The molecule has 0 aliphatic heterocycles. The minimum absolute atomic E-state index is 0.0439. The molecule has 2 atom stereocenters. The standard InChI is InChI=1S/C25H37N3O3/c1-6-18(4)15-28(14-17(2)3)23-9-8-21(19(5)11-25(30)31)12-22(23)27-24-10-7-20(16-29)13-26-24/h7-10,12-13,17-19,29H,6,11,14-16H2,1-5H3,(H,26,27)(H,30,31). The molecule has 2 unspecified atom stereocenters. The first kappa shape index (κ1) is 24.7. The Bertz CT molecular complexity index is 836. The van der Waals surface area contributed by atoms with Gasteiger partial charge in [-0.2, -0.15) is 0 Å². The molecule has 31 heavy (non-hydrogen) atoms. The number of carboxylic acid groups (broad SMARTS) is 1. The zero-order valence-electron chi connectivity index (χ0n) is 19.4. The maximum Gasteiger partial charge on any atom is 0.303 e. The summed E-state index contributed by atoms with van der Waals surface area (Å²) >= 11 is 0. The van der Waals surface area contributed by atoms with Crippen molar-refractivity contribution < 1.29 is 15.0 Å². The Labute approximate surface area is 186 Å². The SMILES string of the molecule is CCC(C)CN(CC(C)C)c1ccc(C(C)CC(=O)O)cc1Nc1ccc(CO)cn1. The third kappa shape index (κ3) is 7.55. The smallest absolute Gasteiger partial charge is 0.303 e. The zero-order valence-corrected chi connectivity index (χ0v) is 19.4. The van der Waals surface area contributed by atoms with Gasteiger partial charge < -0.3 is 20.4 Å². The first-order valence-electron chi connectivity index (χ1n) is 11.2. The van der Waals surface area contributed by atoms with Gasteiger partial charge >= 0.3 is 5.97 Å². The van der Waals surface area contributed by atoms with E-state index in [0.29, 0.717) is 17.7 Å². The van der Waals surface area contributed by atoms with E-state index in [1.165, 1.54) is 0 Å². The van der Waals surface area contributed by atoms with Gasteiger partial charge in [0.05, 0.1) is 24.4 Å². The molecule has 0 radical (unpaired) electrons. The predicted molar refractivity (Wildman–Crippen MR) is 127 cm³/mol. The Morgan fingerprint density at radius 1 is 1.13 bits per heavy atom. The molecular weight excluding hydrogens is 390 g/mol. The van der Waals surface area contributed by atoms with Gasteiger partial charge in [-0.05, 0) is 47.1 Å². The molecule has 0 aliphatic carbocycles. The average molecular weight is 428 g/mol. The van der Waals surface area contributed by atoms with Crippen molar-refractivity contribution in [3.05, 3.63) is 47.7 Å². The fourth-order valence-electron chi connectivity index (χ4n) is 3.56. The number of aliphatic hydroxyl groups excluding tert-OH is 1. The second kappa shape index (κ2) is 11.7. The molecule has 0 saturated heterocycles. The van der Waals surface area contributed by atoms with Crippen LogP contribution in [-0.4, -0.2) is 34.3 Å². The maximum atomic E-state index is 11.2. The number of carboxylic acids is 1. The van der Waals surface area contributed by atoms with Gasteiger partial charge in [0.25, 0.3) is 0 Å². The van der Waals surface area contributed by atoms with Crippen LogP contribution in [-0.2, 0) is 11.4 Å². The maximum absolute atomic E-state index is 11.2. The minimum atomic E-state index is -0.800. The number of anilines is 3.